The first-order chi connectivity index (χ1) is 12.1. The summed E-state index contributed by atoms with van der Waals surface area (Å²) < 4.78 is 10.8. The van der Waals surface area contributed by atoms with Gasteiger partial charge in [-0.25, -0.2) is 4.79 Å². The molecule has 0 radical (unpaired) electrons. The Morgan fingerprint density at radius 2 is 2.12 bits per heavy atom. The summed E-state index contributed by atoms with van der Waals surface area (Å²) in [7, 11) is 0. The lowest BCUT2D eigenvalue weighted by Crippen LogP contribution is -2.38. The first kappa shape index (κ1) is 17.3. The SMILES string of the molecule is CC(C)c1noc([C@H](NC(=O)Nc2cccnn2)C2CCOCC2)n1. The topological polar surface area (TPSA) is 115 Å². The number of hydrogen-bond donors (Lipinski definition) is 2. The maximum absolute atomic E-state index is 12.4. The number of nitrogens with zero attached hydrogens (tertiary/aromatic N) is 4. The van der Waals surface area contributed by atoms with Gasteiger partial charge in [-0.15, -0.1) is 5.10 Å². The summed E-state index contributed by atoms with van der Waals surface area (Å²) >= 11 is 0. The summed E-state index contributed by atoms with van der Waals surface area (Å²) in [6.07, 6.45) is 3.17. The molecule has 0 unspecified atom stereocenters. The highest BCUT2D eigenvalue weighted by Crippen LogP contribution is 2.30. The van der Waals surface area contributed by atoms with Gasteiger partial charge in [0.05, 0.1) is 0 Å². The summed E-state index contributed by atoms with van der Waals surface area (Å²) in [5.41, 5.74) is 0. The molecule has 1 atom stereocenters. The van der Waals surface area contributed by atoms with Crippen molar-refractivity contribution in [3.63, 3.8) is 0 Å². The van der Waals surface area contributed by atoms with Crippen molar-refractivity contribution in [2.75, 3.05) is 18.5 Å². The zero-order valence-electron chi connectivity index (χ0n) is 14.3. The molecule has 1 saturated heterocycles. The van der Waals surface area contributed by atoms with E-state index >= 15 is 0 Å². The molecule has 1 fully saturated rings. The second-order valence-electron chi connectivity index (χ2n) is 6.28. The van der Waals surface area contributed by atoms with Gasteiger partial charge in [0.15, 0.2) is 11.6 Å². The molecular weight excluding hydrogens is 324 g/mol. The normalized spacial score (nSPS) is 16.6. The molecule has 3 heterocycles. The van der Waals surface area contributed by atoms with Crippen LogP contribution in [0.2, 0.25) is 0 Å². The van der Waals surface area contributed by atoms with Crippen LogP contribution in [0.4, 0.5) is 10.6 Å². The first-order valence-electron chi connectivity index (χ1n) is 8.40. The summed E-state index contributed by atoms with van der Waals surface area (Å²) in [5, 5.41) is 17.2. The molecular formula is C16H22N6O3. The molecule has 2 amide bonds. The zero-order chi connectivity index (χ0) is 17.6. The van der Waals surface area contributed by atoms with Gasteiger partial charge in [-0.2, -0.15) is 10.1 Å². The van der Waals surface area contributed by atoms with Crippen LogP contribution in [0, 0.1) is 5.92 Å². The van der Waals surface area contributed by atoms with Gasteiger partial charge < -0.3 is 14.6 Å². The predicted octanol–water partition coefficient (Wildman–Crippen LogP) is 2.27. The Hall–Kier alpha value is -2.55. The van der Waals surface area contributed by atoms with E-state index in [-0.39, 0.29) is 23.9 Å². The minimum atomic E-state index is -0.388. The number of carbonyl (C=O) groups is 1. The molecule has 2 aromatic heterocycles. The summed E-state index contributed by atoms with van der Waals surface area (Å²) in [5.74, 6) is 1.75. The Morgan fingerprint density at radius 1 is 1.32 bits per heavy atom. The van der Waals surface area contributed by atoms with Crippen molar-refractivity contribution in [3.05, 3.63) is 30.0 Å². The molecule has 9 nitrogen and oxygen atoms in total. The first-order valence-corrected chi connectivity index (χ1v) is 8.40. The fourth-order valence-electron chi connectivity index (χ4n) is 2.70. The minimum Gasteiger partial charge on any atom is -0.381 e. The maximum Gasteiger partial charge on any atom is 0.321 e. The number of carbonyl (C=O) groups excluding carboxylic acids is 1. The van der Waals surface area contributed by atoms with Gasteiger partial charge in [0, 0.05) is 25.3 Å². The molecule has 0 saturated carbocycles. The Morgan fingerprint density at radius 3 is 2.76 bits per heavy atom. The smallest absolute Gasteiger partial charge is 0.321 e. The summed E-state index contributed by atoms with van der Waals surface area (Å²) in [4.78, 5) is 16.8. The van der Waals surface area contributed by atoms with Gasteiger partial charge in [-0.3, -0.25) is 5.32 Å². The Balaban J connectivity index is 1.74. The van der Waals surface area contributed by atoms with Crippen molar-refractivity contribution >= 4 is 11.8 Å². The third kappa shape index (κ3) is 4.50. The molecule has 3 rings (SSSR count). The lowest BCUT2D eigenvalue weighted by molar-refractivity contribution is 0.0506. The van der Waals surface area contributed by atoms with Crippen molar-refractivity contribution in [2.24, 2.45) is 5.92 Å². The molecule has 0 bridgehead atoms. The number of hydrogen-bond acceptors (Lipinski definition) is 7. The molecule has 1 aliphatic heterocycles. The van der Waals surface area contributed by atoms with Crippen LogP contribution >= 0.6 is 0 Å². The van der Waals surface area contributed by atoms with Gasteiger partial charge in [0.1, 0.15) is 6.04 Å². The lowest BCUT2D eigenvalue weighted by atomic mass is 9.91. The van der Waals surface area contributed by atoms with Gasteiger partial charge in [0.2, 0.25) is 5.89 Å². The van der Waals surface area contributed by atoms with Crippen molar-refractivity contribution < 1.29 is 14.1 Å². The summed E-state index contributed by atoms with van der Waals surface area (Å²) in [6, 6.07) is 2.60. The van der Waals surface area contributed by atoms with Crippen LogP contribution in [0.3, 0.4) is 0 Å². The molecule has 25 heavy (non-hydrogen) atoms. The molecule has 1 aliphatic rings. The highest BCUT2D eigenvalue weighted by atomic mass is 16.5. The van der Waals surface area contributed by atoms with Crippen LogP contribution in [0.25, 0.3) is 0 Å². The lowest BCUT2D eigenvalue weighted by Gasteiger charge is -2.28. The van der Waals surface area contributed by atoms with E-state index in [1.54, 1.807) is 18.3 Å². The molecule has 2 N–H and O–H groups in total. The molecule has 0 spiro atoms. The molecule has 0 aliphatic carbocycles. The number of nitrogens with one attached hydrogen (secondary N) is 2. The van der Waals surface area contributed by atoms with Crippen LogP contribution in [0.15, 0.2) is 22.9 Å². The van der Waals surface area contributed by atoms with Crippen molar-refractivity contribution in [2.45, 2.75) is 38.6 Å². The third-order valence-electron chi connectivity index (χ3n) is 4.08. The molecule has 9 heteroatoms. The zero-order valence-corrected chi connectivity index (χ0v) is 14.3. The van der Waals surface area contributed by atoms with Crippen LogP contribution in [-0.2, 0) is 4.74 Å². The van der Waals surface area contributed by atoms with Gasteiger partial charge >= 0.3 is 6.03 Å². The maximum atomic E-state index is 12.4. The highest BCUT2D eigenvalue weighted by Gasteiger charge is 2.31. The Labute approximate surface area is 145 Å². The van der Waals surface area contributed by atoms with Crippen LogP contribution < -0.4 is 10.6 Å². The second-order valence-corrected chi connectivity index (χ2v) is 6.28. The largest absolute Gasteiger partial charge is 0.381 e. The van der Waals surface area contributed by atoms with E-state index in [2.05, 4.69) is 31.0 Å². The number of amides is 2. The number of ether oxygens (including phenoxy) is 1. The second kappa shape index (κ2) is 8.02. The van der Waals surface area contributed by atoms with Gasteiger partial charge in [-0.1, -0.05) is 19.0 Å². The average molecular weight is 346 g/mol. The average Bonchev–Trinajstić information content (AvgIpc) is 3.11. The third-order valence-corrected chi connectivity index (χ3v) is 4.08. The number of urea groups is 1. The number of anilines is 1. The van der Waals surface area contributed by atoms with E-state index in [1.165, 1.54) is 0 Å². The van der Waals surface area contributed by atoms with Gasteiger partial charge in [0.25, 0.3) is 0 Å². The number of rotatable bonds is 5. The molecule has 134 valence electrons. The van der Waals surface area contributed by atoms with E-state index in [4.69, 9.17) is 9.26 Å². The van der Waals surface area contributed by atoms with Crippen molar-refractivity contribution in [1.82, 2.24) is 25.7 Å². The van der Waals surface area contributed by atoms with E-state index in [9.17, 15) is 4.79 Å². The van der Waals surface area contributed by atoms with Gasteiger partial charge in [-0.05, 0) is 30.9 Å². The van der Waals surface area contributed by atoms with Crippen molar-refractivity contribution in [3.8, 4) is 0 Å². The molecule has 2 aromatic rings. The highest BCUT2D eigenvalue weighted by molar-refractivity contribution is 5.88. The van der Waals surface area contributed by atoms with E-state index in [0.29, 0.717) is 30.7 Å². The Kier molecular flexibility index (Phi) is 5.54. The Bertz CT molecular complexity index is 684. The van der Waals surface area contributed by atoms with Crippen LogP contribution in [0.1, 0.15) is 50.4 Å². The standard InChI is InChI=1S/C16H22N6O3/c1-10(2)14-20-15(25-22-14)13(11-5-8-24-9-6-11)19-16(23)18-12-4-3-7-17-21-12/h3-4,7,10-11,13H,5-6,8-9H2,1-2H3,(H2,18,19,21,23)/t13-/m1/s1. The van der Waals surface area contributed by atoms with Crippen LogP contribution in [-0.4, -0.2) is 39.6 Å². The van der Waals surface area contributed by atoms with E-state index in [1.807, 2.05) is 13.8 Å². The van der Waals surface area contributed by atoms with E-state index < -0.39 is 0 Å². The number of aromatic nitrogens is 4. The summed E-state index contributed by atoms with van der Waals surface area (Å²) in [6.45, 7) is 5.29. The van der Waals surface area contributed by atoms with Crippen LogP contribution in [0.5, 0.6) is 0 Å². The minimum absolute atomic E-state index is 0.154. The van der Waals surface area contributed by atoms with E-state index in [0.717, 1.165) is 12.8 Å². The fraction of sp³-hybridized carbons (Fsp3) is 0.562. The molecule has 0 aromatic carbocycles. The fourth-order valence-corrected chi connectivity index (χ4v) is 2.70. The van der Waals surface area contributed by atoms with Crippen molar-refractivity contribution in [1.29, 1.82) is 0 Å². The monoisotopic (exact) mass is 346 g/mol. The quantitative estimate of drug-likeness (QED) is 0.853. The predicted molar refractivity (Wildman–Crippen MR) is 88.9 cm³/mol.